The molecule has 0 aliphatic carbocycles. The predicted octanol–water partition coefficient (Wildman–Crippen LogP) is 0.965. The van der Waals surface area contributed by atoms with E-state index < -0.39 is 11.9 Å². The second-order valence-electron chi connectivity index (χ2n) is 5.45. The van der Waals surface area contributed by atoms with Gasteiger partial charge in [0, 0.05) is 26.1 Å². The lowest BCUT2D eigenvalue weighted by atomic mass is 10.2. The first-order valence-electron chi connectivity index (χ1n) is 7.83. The Morgan fingerprint density at radius 3 is 2.30 bits per heavy atom. The van der Waals surface area contributed by atoms with Gasteiger partial charge in [0.1, 0.15) is 11.6 Å². The number of nitrogens with zero attached hydrogens (tertiary/aromatic N) is 3. The molecule has 0 atom stereocenters. The van der Waals surface area contributed by atoms with E-state index in [-0.39, 0.29) is 31.9 Å². The van der Waals surface area contributed by atoms with Gasteiger partial charge in [-0.25, -0.2) is 9.97 Å². The van der Waals surface area contributed by atoms with E-state index in [0.717, 1.165) is 11.3 Å². The van der Waals surface area contributed by atoms with Gasteiger partial charge in [0.2, 0.25) is 5.51 Å². The number of carbonyl (C=O) groups is 2. The van der Waals surface area contributed by atoms with Crippen molar-refractivity contribution in [2.45, 2.75) is 39.7 Å². The van der Waals surface area contributed by atoms with Crippen LogP contribution < -0.4 is 10.3 Å². The molecule has 2 aromatic heterocycles. The largest absolute Gasteiger partial charge is 0.481 e. The van der Waals surface area contributed by atoms with Gasteiger partial charge in [-0.2, -0.15) is 4.57 Å². The summed E-state index contributed by atoms with van der Waals surface area (Å²) in [6.07, 6.45) is 1.88. The number of aromatic nitrogens is 3. The maximum absolute atomic E-state index is 9.64. The van der Waals surface area contributed by atoms with Crippen LogP contribution in [-0.4, -0.2) is 43.8 Å². The number of nitrogen functional groups attached to an aromatic ring is 1. The van der Waals surface area contributed by atoms with Crippen molar-refractivity contribution in [3.05, 3.63) is 33.7 Å². The average Bonchev–Trinajstić information content (AvgIpc) is 2.90. The molecule has 0 saturated carbocycles. The highest BCUT2D eigenvalue weighted by Crippen LogP contribution is 2.13. The topological polar surface area (TPSA) is 151 Å². The van der Waals surface area contributed by atoms with Gasteiger partial charge in [-0.05, 0) is 6.92 Å². The Morgan fingerprint density at radius 1 is 1.22 bits per heavy atom. The standard InChI is InChI=1S/C12H17N4OS.C4H6O4.ClH/c1-8-11(3-4-17)18-7-16(8)6-10-5-14-9(2)15-12(10)13;5-3(6)1-2-4(7)8;/h5,7,17H,3-4,6H2,1-2H3,(H2,13,14,15);1-2H2,(H,5,6)(H,7,8);1H/q+1;;. The third kappa shape index (κ3) is 8.76. The van der Waals surface area contributed by atoms with Crippen LogP contribution in [0.2, 0.25) is 0 Å². The number of carboxylic acids is 2. The summed E-state index contributed by atoms with van der Waals surface area (Å²) >= 11 is 1.65. The van der Waals surface area contributed by atoms with Gasteiger partial charge in [0.15, 0.2) is 12.2 Å². The minimum atomic E-state index is -1.08. The van der Waals surface area contributed by atoms with E-state index in [9.17, 15) is 9.59 Å². The molecule has 0 aliphatic heterocycles. The number of aliphatic hydroxyl groups is 1. The molecule has 0 saturated heterocycles. The van der Waals surface area contributed by atoms with E-state index in [0.29, 0.717) is 24.6 Å². The van der Waals surface area contributed by atoms with Gasteiger partial charge < -0.3 is 21.1 Å². The number of hydrogen-bond donors (Lipinski definition) is 4. The quantitative estimate of drug-likeness (QED) is 0.484. The minimum absolute atomic E-state index is 0. The maximum Gasteiger partial charge on any atom is 0.303 e. The zero-order chi connectivity index (χ0) is 19.7. The highest BCUT2D eigenvalue weighted by Gasteiger charge is 2.17. The molecule has 0 bridgehead atoms. The molecule has 5 N–H and O–H groups in total. The molecule has 2 rings (SSSR count). The van der Waals surface area contributed by atoms with Crippen molar-refractivity contribution in [3.63, 3.8) is 0 Å². The summed E-state index contributed by atoms with van der Waals surface area (Å²) in [5, 5.41) is 24.8. The predicted molar refractivity (Wildman–Crippen MR) is 102 cm³/mol. The third-order valence-electron chi connectivity index (χ3n) is 3.41. The first-order chi connectivity index (χ1) is 12.2. The smallest absolute Gasteiger partial charge is 0.303 e. The summed E-state index contributed by atoms with van der Waals surface area (Å²) in [4.78, 5) is 28.8. The Balaban J connectivity index is 0.000000645. The summed E-state index contributed by atoms with van der Waals surface area (Å²) in [5.41, 5.74) is 10.0. The fourth-order valence-electron chi connectivity index (χ4n) is 1.98. The summed E-state index contributed by atoms with van der Waals surface area (Å²) in [6, 6.07) is 0. The lowest BCUT2D eigenvalue weighted by Crippen LogP contribution is -2.35. The monoisotopic (exact) mass is 419 g/mol. The molecule has 2 aromatic rings. The van der Waals surface area contributed by atoms with Crippen molar-refractivity contribution in [2.24, 2.45) is 0 Å². The molecule has 2 heterocycles. The van der Waals surface area contributed by atoms with E-state index >= 15 is 0 Å². The zero-order valence-corrected chi connectivity index (χ0v) is 16.7. The second-order valence-corrected chi connectivity index (χ2v) is 6.39. The summed E-state index contributed by atoms with van der Waals surface area (Å²) < 4.78 is 2.11. The van der Waals surface area contributed by atoms with Crippen molar-refractivity contribution in [1.29, 1.82) is 0 Å². The number of aryl methyl sites for hydroxylation is 1. The van der Waals surface area contributed by atoms with E-state index in [1.54, 1.807) is 17.5 Å². The molecule has 0 amide bonds. The Kier molecular flexibility index (Phi) is 11.1. The number of carboxylic acid groups (broad SMARTS) is 2. The van der Waals surface area contributed by atoms with Crippen molar-refractivity contribution < 1.29 is 29.5 Å². The Hall–Kier alpha value is -2.30. The van der Waals surface area contributed by atoms with E-state index in [1.165, 1.54) is 4.88 Å². The maximum atomic E-state index is 9.64. The minimum Gasteiger partial charge on any atom is -0.481 e. The van der Waals surface area contributed by atoms with Crippen molar-refractivity contribution >= 4 is 41.5 Å². The van der Waals surface area contributed by atoms with E-state index in [4.69, 9.17) is 21.1 Å². The van der Waals surface area contributed by atoms with E-state index in [2.05, 4.69) is 14.5 Å². The van der Waals surface area contributed by atoms with Crippen molar-refractivity contribution in [1.82, 2.24) is 9.97 Å². The molecule has 0 aromatic carbocycles. The molecular formula is C16H24ClN4O5S+. The van der Waals surface area contributed by atoms with Gasteiger partial charge in [-0.15, -0.1) is 12.4 Å². The van der Waals surface area contributed by atoms with Crippen LogP contribution in [0.25, 0.3) is 0 Å². The Labute approximate surface area is 166 Å². The lowest BCUT2D eigenvalue weighted by molar-refractivity contribution is -0.689. The van der Waals surface area contributed by atoms with Crippen LogP contribution in [0.15, 0.2) is 11.7 Å². The highest BCUT2D eigenvalue weighted by atomic mass is 35.5. The normalized spacial score (nSPS) is 9.74. The van der Waals surface area contributed by atoms with Gasteiger partial charge in [0.05, 0.1) is 23.3 Å². The van der Waals surface area contributed by atoms with Crippen molar-refractivity contribution in [3.8, 4) is 0 Å². The first-order valence-corrected chi connectivity index (χ1v) is 8.71. The van der Waals surface area contributed by atoms with Crippen LogP contribution in [0.1, 0.15) is 34.8 Å². The molecule has 9 nitrogen and oxygen atoms in total. The van der Waals surface area contributed by atoms with Gasteiger partial charge >= 0.3 is 11.9 Å². The number of anilines is 1. The van der Waals surface area contributed by atoms with Crippen LogP contribution >= 0.6 is 23.7 Å². The molecule has 0 spiro atoms. The number of aliphatic carboxylic acids is 2. The van der Waals surface area contributed by atoms with Crippen LogP contribution in [-0.2, 0) is 22.6 Å². The molecule has 27 heavy (non-hydrogen) atoms. The molecule has 0 unspecified atom stereocenters. The number of hydrogen-bond acceptors (Lipinski definition) is 7. The zero-order valence-electron chi connectivity index (χ0n) is 15.1. The number of nitrogens with two attached hydrogens (primary N) is 1. The average molecular weight is 420 g/mol. The van der Waals surface area contributed by atoms with Crippen LogP contribution in [0.3, 0.4) is 0 Å². The van der Waals surface area contributed by atoms with Crippen LogP contribution in [0, 0.1) is 13.8 Å². The Morgan fingerprint density at radius 2 is 1.81 bits per heavy atom. The number of halogens is 1. The van der Waals surface area contributed by atoms with E-state index in [1.807, 2.05) is 19.4 Å². The molecule has 0 aliphatic rings. The van der Waals surface area contributed by atoms with Gasteiger partial charge in [-0.1, -0.05) is 11.3 Å². The highest BCUT2D eigenvalue weighted by molar-refractivity contribution is 7.09. The van der Waals surface area contributed by atoms with Gasteiger partial charge in [0.25, 0.3) is 0 Å². The molecule has 0 fully saturated rings. The molecular weight excluding hydrogens is 396 g/mol. The SMILES string of the molecule is Cc1ncc(C[n+]2csc(CCO)c2C)c(N)n1.Cl.O=C(O)CCC(=O)O. The number of aliphatic hydroxyl groups excluding tert-OH is 1. The molecule has 150 valence electrons. The summed E-state index contributed by atoms with van der Waals surface area (Å²) in [6.45, 7) is 4.71. The van der Waals surface area contributed by atoms with Crippen molar-refractivity contribution in [2.75, 3.05) is 12.3 Å². The number of thiazole rings is 1. The van der Waals surface area contributed by atoms with Gasteiger partial charge in [-0.3, -0.25) is 9.59 Å². The molecule has 11 heteroatoms. The summed E-state index contributed by atoms with van der Waals surface area (Å²) in [5.74, 6) is -0.937. The second kappa shape index (κ2) is 12.2. The van der Waals surface area contributed by atoms with Crippen LogP contribution in [0.4, 0.5) is 5.82 Å². The fourth-order valence-corrected chi connectivity index (χ4v) is 2.96. The van der Waals surface area contributed by atoms with Crippen LogP contribution in [0.5, 0.6) is 0 Å². The fraction of sp³-hybridized carbons (Fsp3) is 0.438. The number of rotatable bonds is 7. The first kappa shape index (κ1) is 24.7. The molecule has 0 radical (unpaired) electrons. The Bertz CT molecular complexity index is 755. The lowest BCUT2D eigenvalue weighted by Gasteiger charge is -2.01. The summed E-state index contributed by atoms with van der Waals surface area (Å²) in [7, 11) is 0. The third-order valence-corrected chi connectivity index (χ3v) is 4.55.